The quantitative estimate of drug-likeness (QED) is 0.691. The van der Waals surface area contributed by atoms with E-state index in [9.17, 15) is 4.79 Å². The van der Waals surface area contributed by atoms with Crippen LogP contribution in [0.25, 0.3) is 0 Å². The van der Waals surface area contributed by atoms with Crippen LogP contribution in [0, 0.1) is 5.92 Å². The monoisotopic (exact) mass is 181 g/mol. The van der Waals surface area contributed by atoms with Gasteiger partial charge in [-0.15, -0.1) is 0 Å². The van der Waals surface area contributed by atoms with Crippen LogP contribution in [0.15, 0.2) is 11.8 Å². The molecule has 0 saturated heterocycles. The van der Waals surface area contributed by atoms with Gasteiger partial charge in [0, 0.05) is 24.0 Å². The highest BCUT2D eigenvalue weighted by molar-refractivity contribution is 5.97. The van der Waals surface area contributed by atoms with Crippen LogP contribution < -0.4 is 5.73 Å². The molecule has 1 fully saturated rings. The van der Waals surface area contributed by atoms with Gasteiger partial charge in [0.25, 0.3) is 0 Å². The van der Waals surface area contributed by atoms with Gasteiger partial charge in [0.2, 0.25) is 0 Å². The van der Waals surface area contributed by atoms with Gasteiger partial charge in [-0.2, -0.15) is 0 Å². The van der Waals surface area contributed by atoms with E-state index in [0.29, 0.717) is 6.61 Å². The summed E-state index contributed by atoms with van der Waals surface area (Å²) in [5, 5.41) is 0. The predicted molar refractivity (Wildman–Crippen MR) is 49.0 cm³/mol. The number of Topliss-reactive ketones (excluding diaryl/α,β-unsaturated/α-hetero) is 1. The van der Waals surface area contributed by atoms with E-state index in [4.69, 9.17) is 10.5 Å². The summed E-state index contributed by atoms with van der Waals surface area (Å²) < 4.78 is 5.05. The van der Waals surface area contributed by atoms with Crippen LogP contribution >= 0.6 is 0 Å². The van der Waals surface area contributed by atoms with Gasteiger partial charge in [0.1, 0.15) is 0 Å². The topological polar surface area (TPSA) is 52.3 Å². The second-order valence-electron chi connectivity index (χ2n) is 3.90. The van der Waals surface area contributed by atoms with Gasteiger partial charge < -0.3 is 10.5 Å². The van der Waals surface area contributed by atoms with Crippen LogP contribution in [0.5, 0.6) is 0 Å². The van der Waals surface area contributed by atoms with Gasteiger partial charge >= 0.3 is 0 Å². The van der Waals surface area contributed by atoms with Crippen LogP contribution in [0.3, 0.4) is 0 Å². The van der Waals surface area contributed by atoms with Crippen molar-refractivity contribution in [3.05, 3.63) is 11.8 Å². The number of rotatable bonds is 2. The third kappa shape index (κ3) is 1.75. The Hall–Kier alpha value is -0.830. The Morgan fingerprint density at radius 3 is 2.92 bits per heavy atom. The van der Waals surface area contributed by atoms with Crippen molar-refractivity contribution < 1.29 is 9.53 Å². The molecule has 1 aliphatic carbocycles. The van der Waals surface area contributed by atoms with E-state index in [1.54, 1.807) is 6.26 Å². The molecule has 1 saturated carbocycles. The standard InChI is InChI=1S/C10H15NO2/c11-9-2-1-7(5-9)10(12)8-3-4-13-6-8/h6-7,9H,1-5,11H2. The minimum Gasteiger partial charge on any atom is -0.500 e. The second kappa shape index (κ2) is 3.50. The number of ketones is 1. The van der Waals surface area contributed by atoms with Crippen molar-refractivity contribution in [2.45, 2.75) is 31.7 Å². The van der Waals surface area contributed by atoms with Crippen molar-refractivity contribution in [1.82, 2.24) is 0 Å². The van der Waals surface area contributed by atoms with Crippen LogP contribution in [-0.2, 0) is 9.53 Å². The second-order valence-corrected chi connectivity index (χ2v) is 3.90. The van der Waals surface area contributed by atoms with Crippen LogP contribution in [0.4, 0.5) is 0 Å². The summed E-state index contributed by atoms with van der Waals surface area (Å²) in [6, 6.07) is 0.233. The normalized spacial score (nSPS) is 32.8. The Morgan fingerprint density at radius 1 is 1.54 bits per heavy atom. The number of nitrogens with two attached hydrogens (primary N) is 1. The molecule has 2 atom stereocenters. The van der Waals surface area contributed by atoms with E-state index in [1.807, 2.05) is 0 Å². The lowest BCUT2D eigenvalue weighted by Crippen LogP contribution is -2.18. The highest BCUT2D eigenvalue weighted by Crippen LogP contribution is 2.29. The number of hydrogen-bond donors (Lipinski definition) is 1. The first-order chi connectivity index (χ1) is 6.27. The Morgan fingerprint density at radius 2 is 2.38 bits per heavy atom. The summed E-state index contributed by atoms with van der Waals surface area (Å²) in [4.78, 5) is 11.8. The third-order valence-corrected chi connectivity index (χ3v) is 2.88. The Labute approximate surface area is 77.9 Å². The molecule has 13 heavy (non-hydrogen) atoms. The zero-order valence-corrected chi connectivity index (χ0v) is 7.66. The summed E-state index contributed by atoms with van der Waals surface area (Å²) in [7, 11) is 0. The van der Waals surface area contributed by atoms with E-state index in [1.165, 1.54) is 0 Å². The molecule has 2 unspecified atom stereocenters. The molecule has 2 aliphatic rings. The minimum atomic E-state index is 0.169. The molecule has 3 nitrogen and oxygen atoms in total. The fourth-order valence-electron chi connectivity index (χ4n) is 2.09. The molecule has 0 aromatic carbocycles. The van der Waals surface area contributed by atoms with Crippen molar-refractivity contribution in [1.29, 1.82) is 0 Å². The smallest absolute Gasteiger partial charge is 0.165 e. The molecule has 0 bridgehead atoms. The average molecular weight is 181 g/mol. The molecular weight excluding hydrogens is 166 g/mol. The van der Waals surface area contributed by atoms with Gasteiger partial charge in [-0.1, -0.05) is 0 Å². The largest absolute Gasteiger partial charge is 0.500 e. The van der Waals surface area contributed by atoms with Crippen molar-refractivity contribution in [2.24, 2.45) is 11.7 Å². The summed E-state index contributed by atoms with van der Waals surface area (Å²) >= 11 is 0. The summed E-state index contributed by atoms with van der Waals surface area (Å²) in [5.74, 6) is 0.438. The van der Waals surface area contributed by atoms with Crippen molar-refractivity contribution in [3.8, 4) is 0 Å². The number of carbonyl (C=O) groups excluding carboxylic acids is 1. The fourth-order valence-corrected chi connectivity index (χ4v) is 2.09. The zero-order valence-electron chi connectivity index (χ0n) is 7.66. The van der Waals surface area contributed by atoms with Crippen molar-refractivity contribution in [2.75, 3.05) is 6.61 Å². The van der Waals surface area contributed by atoms with E-state index >= 15 is 0 Å². The Kier molecular flexibility index (Phi) is 2.36. The van der Waals surface area contributed by atoms with E-state index in [-0.39, 0.29) is 17.7 Å². The summed E-state index contributed by atoms with van der Waals surface area (Å²) in [6.45, 7) is 0.667. The molecule has 0 amide bonds. The number of carbonyl (C=O) groups is 1. The molecule has 0 radical (unpaired) electrons. The van der Waals surface area contributed by atoms with Crippen molar-refractivity contribution in [3.63, 3.8) is 0 Å². The van der Waals surface area contributed by atoms with Gasteiger partial charge in [0.15, 0.2) is 5.78 Å². The molecule has 1 heterocycles. The molecule has 2 rings (SSSR count). The number of ether oxygens (including phenoxy) is 1. The number of hydrogen-bond acceptors (Lipinski definition) is 3. The third-order valence-electron chi connectivity index (χ3n) is 2.88. The lowest BCUT2D eigenvalue weighted by molar-refractivity contribution is -0.119. The summed E-state index contributed by atoms with van der Waals surface area (Å²) in [6.07, 6.45) is 5.20. The lowest BCUT2D eigenvalue weighted by Gasteiger charge is -2.07. The maximum Gasteiger partial charge on any atom is 0.165 e. The van der Waals surface area contributed by atoms with Crippen molar-refractivity contribution >= 4 is 5.78 Å². The zero-order chi connectivity index (χ0) is 9.26. The molecule has 2 N–H and O–H groups in total. The SMILES string of the molecule is NC1CCC(C(=O)C2=COCC2)C1. The first-order valence-corrected chi connectivity index (χ1v) is 4.88. The molecule has 0 aromatic rings. The van der Waals surface area contributed by atoms with Gasteiger partial charge in [0.05, 0.1) is 12.9 Å². The summed E-state index contributed by atoms with van der Waals surface area (Å²) in [5.41, 5.74) is 6.62. The molecular formula is C10H15NO2. The van der Waals surface area contributed by atoms with E-state index < -0.39 is 0 Å². The average Bonchev–Trinajstić information content (AvgIpc) is 2.72. The Bertz CT molecular complexity index is 247. The predicted octanol–water partition coefficient (Wildman–Crippen LogP) is 0.987. The maximum absolute atomic E-state index is 11.8. The van der Waals surface area contributed by atoms with E-state index in [2.05, 4.69) is 0 Å². The molecule has 1 aliphatic heterocycles. The van der Waals surface area contributed by atoms with Gasteiger partial charge in [-0.25, -0.2) is 0 Å². The molecule has 0 spiro atoms. The fraction of sp³-hybridized carbons (Fsp3) is 0.700. The van der Waals surface area contributed by atoms with Crippen LogP contribution in [0.1, 0.15) is 25.7 Å². The first-order valence-electron chi connectivity index (χ1n) is 4.88. The first kappa shape index (κ1) is 8.75. The molecule has 72 valence electrons. The maximum atomic E-state index is 11.8. The lowest BCUT2D eigenvalue weighted by atomic mass is 9.96. The highest BCUT2D eigenvalue weighted by Gasteiger charge is 2.30. The highest BCUT2D eigenvalue weighted by atomic mass is 16.5. The minimum absolute atomic E-state index is 0.169. The van der Waals surface area contributed by atoms with Gasteiger partial charge in [-0.05, 0) is 19.3 Å². The van der Waals surface area contributed by atoms with Crippen LogP contribution in [0.2, 0.25) is 0 Å². The van der Waals surface area contributed by atoms with E-state index in [0.717, 1.165) is 31.3 Å². The van der Waals surface area contributed by atoms with Crippen LogP contribution in [-0.4, -0.2) is 18.4 Å². The van der Waals surface area contributed by atoms with Gasteiger partial charge in [-0.3, -0.25) is 4.79 Å². The molecule has 0 aromatic heterocycles. The Balaban J connectivity index is 1.97. The molecule has 3 heteroatoms.